The Bertz CT molecular complexity index is 1250. The van der Waals surface area contributed by atoms with E-state index < -0.39 is 5.91 Å². The minimum absolute atomic E-state index is 0.0458. The van der Waals surface area contributed by atoms with Gasteiger partial charge in [0.2, 0.25) is 0 Å². The van der Waals surface area contributed by atoms with Crippen LogP contribution >= 0.6 is 27.5 Å². The molecule has 3 rings (SSSR count). The van der Waals surface area contributed by atoms with Gasteiger partial charge >= 0.3 is 0 Å². The summed E-state index contributed by atoms with van der Waals surface area (Å²) in [5.74, 6) is -0.403. The molecule has 3 aromatic carbocycles. The van der Waals surface area contributed by atoms with Gasteiger partial charge in [-0.3, -0.25) is 9.59 Å². The number of carbonyl (C=O) groups is 2. The lowest BCUT2D eigenvalue weighted by Crippen LogP contribution is -2.20. The number of hydrogen-bond donors (Lipinski definition) is 2. The molecule has 0 saturated carbocycles. The zero-order chi connectivity index (χ0) is 23.8. The monoisotopic (exact) mass is 523 g/mol. The number of para-hydroxylation sites is 1. The van der Waals surface area contributed by atoms with E-state index in [2.05, 4.69) is 26.6 Å². The zero-order valence-corrected chi connectivity index (χ0v) is 19.9. The van der Waals surface area contributed by atoms with Crippen molar-refractivity contribution in [2.75, 3.05) is 17.2 Å². The highest BCUT2D eigenvalue weighted by Gasteiger charge is 2.11. The second kappa shape index (κ2) is 11.3. The van der Waals surface area contributed by atoms with E-state index in [1.165, 1.54) is 6.08 Å². The lowest BCUT2D eigenvalue weighted by atomic mass is 10.1. The van der Waals surface area contributed by atoms with Gasteiger partial charge in [0.25, 0.3) is 11.8 Å². The standard InChI is InChI=1S/C25H19BrClN3O3/c1-16-7-9-20(13-22(16)27)29-24(31)15-33-23-10-8-17(12-21(23)26)11-18(14-28)25(32)30-19-5-3-2-4-6-19/h2-13H,15H2,1H3,(H,29,31)(H,30,32)/b18-11+. The van der Waals surface area contributed by atoms with E-state index in [0.29, 0.717) is 32.2 Å². The third-order valence-electron chi connectivity index (χ3n) is 4.48. The summed E-state index contributed by atoms with van der Waals surface area (Å²) < 4.78 is 6.15. The average molecular weight is 525 g/mol. The summed E-state index contributed by atoms with van der Waals surface area (Å²) in [6, 6.07) is 21.1. The number of ether oxygens (including phenoxy) is 1. The van der Waals surface area contributed by atoms with Crippen LogP contribution in [0.5, 0.6) is 5.75 Å². The number of carbonyl (C=O) groups excluding carboxylic acids is 2. The van der Waals surface area contributed by atoms with Crippen LogP contribution in [0.1, 0.15) is 11.1 Å². The molecule has 0 radical (unpaired) electrons. The van der Waals surface area contributed by atoms with E-state index in [1.54, 1.807) is 54.6 Å². The first-order valence-corrected chi connectivity index (χ1v) is 11.0. The molecule has 2 N–H and O–H groups in total. The van der Waals surface area contributed by atoms with E-state index in [9.17, 15) is 14.9 Å². The number of nitrogens with one attached hydrogen (secondary N) is 2. The zero-order valence-electron chi connectivity index (χ0n) is 17.6. The number of aryl methyl sites for hydroxylation is 1. The quantitative estimate of drug-likeness (QED) is 0.294. The molecule has 0 heterocycles. The molecular formula is C25H19BrClN3O3. The van der Waals surface area contributed by atoms with Crippen molar-refractivity contribution < 1.29 is 14.3 Å². The fraction of sp³-hybridized carbons (Fsp3) is 0.0800. The van der Waals surface area contributed by atoms with Crippen molar-refractivity contribution in [1.82, 2.24) is 0 Å². The van der Waals surface area contributed by atoms with Gasteiger partial charge in [-0.25, -0.2) is 0 Å². The fourth-order valence-corrected chi connectivity index (χ4v) is 3.46. The minimum atomic E-state index is -0.506. The minimum Gasteiger partial charge on any atom is -0.483 e. The van der Waals surface area contributed by atoms with Crippen LogP contribution in [0.15, 0.2) is 76.8 Å². The van der Waals surface area contributed by atoms with Crippen LogP contribution in [0.3, 0.4) is 0 Å². The van der Waals surface area contributed by atoms with Gasteiger partial charge in [0.1, 0.15) is 17.4 Å². The van der Waals surface area contributed by atoms with Gasteiger partial charge in [-0.15, -0.1) is 0 Å². The van der Waals surface area contributed by atoms with Crippen LogP contribution in [-0.2, 0) is 9.59 Å². The van der Waals surface area contributed by atoms with Gasteiger partial charge in [-0.1, -0.05) is 41.9 Å². The molecule has 0 aromatic heterocycles. The van der Waals surface area contributed by atoms with E-state index >= 15 is 0 Å². The Kier molecular flexibility index (Phi) is 8.25. The second-order valence-electron chi connectivity index (χ2n) is 6.98. The third-order valence-corrected chi connectivity index (χ3v) is 5.50. The number of nitriles is 1. The SMILES string of the molecule is Cc1ccc(NC(=O)COc2ccc(/C=C(\C#N)C(=O)Nc3ccccc3)cc2Br)cc1Cl. The number of nitrogens with zero attached hydrogens (tertiary/aromatic N) is 1. The number of amides is 2. The highest BCUT2D eigenvalue weighted by atomic mass is 79.9. The molecule has 0 aliphatic heterocycles. The third kappa shape index (κ3) is 6.94. The number of rotatable bonds is 7. The van der Waals surface area contributed by atoms with Crippen LogP contribution < -0.4 is 15.4 Å². The molecule has 0 saturated heterocycles. The Balaban J connectivity index is 1.62. The van der Waals surface area contributed by atoms with E-state index in [1.807, 2.05) is 25.1 Å². The van der Waals surface area contributed by atoms with Crippen molar-refractivity contribution >= 4 is 56.8 Å². The van der Waals surface area contributed by atoms with Gasteiger partial charge in [-0.2, -0.15) is 5.26 Å². The highest BCUT2D eigenvalue weighted by molar-refractivity contribution is 9.10. The summed E-state index contributed by atoms with van der Waals surface area (Å²) in [7, 11) is 0. The Morgan fingerprint density at radius 2 is 1.82 bits per heavy atom. The summed E-state index contributed by atoms with van der Waals surface area (Å²) >= 11 is 9.47. The number of benzene rings is 3. The smallest absolute Gasteiger partial charge is 0.266 e. The molecule has 0 aliphatic rings. The molecule has 6 nitrogen and oxygen atoms in total. The Morgan fingerprint density at radius 3 is 2.48 bits per heavy atom. The van der Waals surface area contributed by atoms with Crippen LogP contribution in [0.2, 0.25) is 5.02 Å². The largest absolute Gasteiger partial charge is 0.483 e. The molecule has 0 spiro atoms. The average Bonchev–Trinajstić information content (AvgIpc) is 2.80. The van der Waals surface area contributed by atoms with E-state index in [4.69, 9.17) is 16.3 Å². The number of halogens is 2. The molecule has 0 unspecified atom stereocenters. The van der Waals surface area contributed by atoms with Gasteiger partial charge < -0.3 is 15.4 Å². The van der Waals surface area contributed by atoms with Gasteiger partial charge in [0.15, 0.2) is 6.61 Å². The molecular weight excluding hydrogens is 506 g/mol. The van der Waals surface area contributed by atoms with Crippen LogP contribution in [-0.4, -0.2) is 18.4 Å². The predicted octanol–water partition coefficient (Wildman–Crippen LogP) is 5.97. The summed E-state index contributed by atoms with van der Waals surface area (Å²) in [5, 5.41) is 15.4. The van der Waals surface area contributed by atoms with Crippen molar-refractivity contribution in [2.45, 2.75) is 6.92 Å². The highest BCUT2D eigenvalue weighted by Crippen LogP contribution is 2.27. The maximum absolute atomic E-state index is 12.4. The number of hydrogen-bond acceptors (Lipinski definition) is 4. The van der Waals surface area contributed by atoms with E-state index in [-0.39, 0.29) is 18.1 Å². The molecule has 3 aromatic rings. The van der Waals surface area contributed by atoms with Crippen LogP contribution in [0, 0.1) is 18.3 Å². The van der Waals surface area contributed by atoms with Crippen LogP contribution in [0.4, 0.5) is 11.4 Å². The molecule has 0 bridgehead atoms. The molecule has 8 heteroatoms. The maximum Gasteiger partial charge on any atom is 0.266 e. The molecule has 0 fully saturated rings. The van der Waals surface area contributed by atoms with Crippen molar-refractivity contribution in [3.63, 3.8) is 0 Å². The normalized spacial score (nSPS) is 10.8. The van der Waals surface area contributed by atoms with Crippen molar-refractivity contribution in [3.8, 4) is 11.8 Å². The summed E-state index contributed by atoms with van der Waals surface area (Å²) in [4.78, 5) is 24.6. The van der Waals surface area contributed by atoms with Crippen molar-refractivity contribution in [2.24, 2.45) is 0 Å². The Labute approximate surface area is 205 Å². The fourth-order valence-electron chi connectivity index (χ4n) is 2.77. The van der Waals surface area contributed by atoms with Gasteiger partial charge in [-0.05, 0) is 76.5 Å². The summed E-state index contributed by atoms with van der Waals surface area (Å²) in [6.45, 7) is 1.67. The summed E-state index contributed by atoms with van der Waals surface area (Å²) in [6.07, 6.45) is 1.47. The molecule has 33 heavy (non-hydrogen) atoms. The first-order chi connectivity index (χ1) is 15.9. The predicted molar refractivity (Wildman–Crippen MR) is 133 cm³/mol. The number of anilines is 2. The molecule has 0 atom stereocenters. The van der Waals surface area contributed by atoms with Crippen molar-refractivity contribution in [3.05, 3.63) is 92.9 Å². The Hall–Kier alpha value is -3.60. The maximum atomic E-state index is 12.4. The first-order valence-electron chi connectivity index (χ1n) is 9.82. The van der Waals surface area contributed by atoms with E-state index in [0.717, 1.165) is 5.56 Å². The van der Waals surface area contributed by atoms with Crippen LogP contribution in [0.25, 0.3) is 6.08 Å². The lowest BCUT2D eigenvalue weighted by molar-refractivity contribution is -0.118. The molecule has 0 aliphatic carbocycles. The molecule has 2 amide bonds. The van der Waals surface area contributed by atoms with Gasteiger partial charge in [0.05, 0.1) is 4.47 Å². The van der Waals surface area contributed by atoms with Gasteiger partial charge in [0, 0.05) is 16.4 Å². The molecule has 166 valence electrons. The topological polar surface area (TPSA) is 91.2 Å². The first kappa shape index (κ1) is 24.1. The summed E-state index contributed by atoms with van der Waals surface area (Å²) in [5.41, 5.74) is 2.67. The van der Waals surface area contributed by atoms with Crippen molar-refractivity contribution in [1.29, 1.82) is 5.26 Å². The lowest BCUT2D eigenvalue weighted by Gasteiger charge is -2.10. The Morgan fingerprint density at radius 1 is 1.06 bits per heavy atom. The second-order valence-corrected chi connectivity index (χ2v) is 8.24.